The molecule has 0 bridgehead atoms. The van der Waals surface area contributed by atoms with Gasteiger partial charge in [-0.2, -0.15) is 13.2 Å². The molecule has 34 heavy (non-hydrogen) atoms. The van der Waals surface area contributed by atoms with Crippen molar-refractivity contribution in [1.29, 1.82) is 0 Å². The highest BCUT2D eigenvalue weighted by Crippen LogP contribution is 2.31. The molecule has 3 aromatic carbocycles. The molecule has 0 spiro atoms. The molecule has 0 atom stereocenters. The van der Waals surface area contributed by atoms with Crippen molar-refractivity contribution in [2.24, 2.45) is 0 Å². The van der Waals surface area contributed by atoms with E-state index < -0.39 is 56.4 Å². The molecule has 3 rings (SSSR count). The van der Waals surface area contributed by atoms with E-state index in [4.69, 9.17) is 0 Å². The summed E-state index contributed by atoms with van der Waals surface area (Å²) in [4.78, 5) is 11.9. The number of halogens is 6. The van der Waals surface area contributed by atoms with E-state index in [0.29, 0.717) is 6.07 Å². The zero-order valence-corrected chi connectivity index (χ0v) is 18.1. The minimum absolute atomic E-state index is 0.0283. The molecule has 0 aliphatic carbocycles. The van der Waals surface area contributed by atoms with E-state index in [1.807, 2.05) is 0 Å². The normalized spacial score (nSPS) is 11.9. The highest BCUT2D eigenvalue weighted by atomic mass is 32.2. The largest absolute Gasteiger partial charge is 0.416 e. The van der Waals surface area contributed by atoms with Crippen molar-refractivity contribution in [3.63, 3.8) is 0 Å². The number of alkyl halides is 3. The molecule has 0 heterocycles. The molecular weight excluding hydrogens is 486 g/mol. The predicted molar refractivity (Wildman–Crippen MR) is 112 cm³/mol. The summed E-state index contributed by atoms with van der Waals surface area (Å²) in [5, 5.41) is 4.51. The molecule has 0 aliphatic heterocycles. The molecule has 3 aromatic rings. The summed E-state index contributed by atoms with van der Waals surface area (Å²) < 4.78 is 105. The molecule has 5 nitrogen and oxygen atoms in total. The Hall–Kier alpha value is -3.54. The number of sulfone groups is 1. The van der Waals surface area contributed by atoms with Crippen molar-refractivity contribution in [2.75, 3.05) is 10.6 Å². The quantitative estimate of drug-likeness (QED) is 0.330. The molecule has 0 saturated heterocycles. The maximum atomic E-state index is 13.9. The lowest BCUT2D eigenvalue weighted by Gasteiger charge is -2.13. The third-order valence-corrected chi connectivity index (χ3v) is 6.46. The SMILES string of the molecule is Cc1ccc(NC(=O)Nc2cccc(C(F)(F)F)c2)cc1S(=O)(=O)Cc1cc(F)c(F)cc1F. The van der Waals surface area contributed by atoms with Gasteiger partial charge in [-0.3, -0.25) is 0 Å². The standard InChI is InChI=1S/C22H16F6N2O3S/c1-12-5-6-16(30-21(31)29-15-4-2-3-14(8-15)22(26,27)28)9-20(12)34(32,33)11-13-7-18(24)19(25)10-17(13)23/h2-10H,11H2,1H3,(H2,29,30,31). The van der Waals surface area contributed by atoms with Crippen molar-refractivity contribution in [2.45, 2.75) is 23.7 Å². The average molecular weight is 502 g/mol. The number of amides is 2. The maximum absolute atomic E-state index is 13.9. The zero-order valence-electron chi connectivity index (χ0n) is 17.3. The first-order valence-corrected chi connectivity index (χ1v) is 11.1. The molecule has 0 aromatic heterocycles. The third kappa shape index (κ3) is 5.87. The van der Waals surface area contributed by atoms with E-state index in [1.54, 1.807) is 0 Å². The summed E-state index contributed by atoms with van der Waals surface area (Å²) >= 11 is 0. The molecule has 12 heteroatoms. The van der Waals surface area contributed by atoms with Gasteiger partial charge in [-0.25, -0.2) is 26.4 Å². The predicted octanol–water partition coefficient (Wildman–Crippen LogP) is 6.05. The van der Waals surface area contributed by atoms with Crippen LogP contribution in [0.4, 0.5) is 42.5 Å². The number of anilines is 2. The third-order valence-electron chi connectivity index (χ3n) is 4.66. The van der Waals surface area contributed by atoms with Gasteiger partial charge in [0.25, 0.3) is 0 Å². The number of hydrogen-bond acceptors (Lipinski definition) is 3. The van der Waals surface area contributed by atoms with Gasteiger partial charge in [0.05, 0.1) is 16.2 Å². The minimum Gasteiger partial charge on any atom is -0.308 e. The Morgan fingerprint density at radius 1 is 0.853 bits per heavy atom. The first kappa shape index (κ1) is 25.1. The van der Waals surface area contributed by atoms with Crippen molar-refractivity contribution < 1.29 is 39.6 Å². The Kier molecular flexibility index (Phi) is 6.92. The molecule has 180 valence electrons. The maximum Gasteiger partial charge on any atom is 0.416 e. The van der Waals surface area contributed by atoms with E-state index in [0.717, 1.165) is 24.3 Å². The smallest absolute Gasteiger partial charge is 0.308 e. The van der Waals surface area contributed by atoms with Gasteiger partial charge in [0, 0.05) is 23.0 Å². The second-order valence-electron chi connectivity index (χ2n) is 7.25. The van der Waals surface area contributed by atoms with E-state index in [2.05, 4.69) is 10.6 Å². The Balaban J connectivity index is 1.81. The lowest BCUT2D eigenvalue weighted by molar-refractivity contribution is -0.137. The van der Waals surface area contributed by atoms with Crippen molar-refractivity contribution in [1.82, 2.24) is 0 Å². The number of rotatable bonds is 5. The molecule has 0 fully saturated rings. The Labute approximate surface area is 190 Å². The number of aryl methyl sites for hydroxylation is 1. The van der Waals surface area contributed by atoms with E-state index in [1.165, 1.54) is 25.1 Å². The van der Waals surface area contributed by atoms with Gasteiger partial charge >= 0.3 is 12.2 Å². The average Bonchev–Trinajstić information content (AvgIpc) is 2.72. The first-order valence-electron chi connectivity index (χ1n) is 9.48. The van der Waals surface area contributed by atoms with Gasteiger partial charge in [0.2, 0.25) is 0 Å². The van der Waals surface area contributed by atoms with Gasteiger partial charge in [-0.05, 0) is 48.9 Å². The molecular formula is C22H16F6N2O3S. The van der Waals surface area contributed by atoms with Crippen LogP contribution in [0.1, 0.15) is 16.7 Å². The molecule has 2 amide bonds. The van der Waals surface area contributed by atoms with Gasteiger partial charge in [-0.1, -0.05) is 12.1 Å². The Morgan fingerprint density at radius 2 is 1.47 bits per heavy atom. The van der Waals surface area contributed by atoms with Gasteiger partial charge in [0.15, 0.2) is 21.5 Å². The number of nitrogens with one attached hydrogen (secondary N) is 2. The fourth-order valence-electron chi connectivity index (χ4n) is 3.04. The number of benzene rings is 3. The number of carbonyl (C=O) groups is 1. The summed E-state index contributed by atoms with van der Waals surface area (Å²) in [6.07, 6.45) is -4.61. The number of urea groups is 1. The van der Waals surface area contributed by atoms with Gasteiger partial charge < -0.3 is 10.6 Å². The van der Waals surface area contributed by atoms with Crippen LogP contribution < -0.4 is 10.6 Å². The summed E-state index contributed by atoms with van der Waals surface area (Å²) in [7, 11) is -4.26. The Bertz CT molecular complexity index is 1360. The summed E-state index contributed by atoms with van der Waals surface area (Å²) in [6.45, 7) is 1.43. The van der Waals surface area contributed by atoms with Crippen LogP contribution in [0.25, 0.3) is 0 Å². The van der Waals surface area contributed by atoms with E-state index in [9.17, 15) is 39.6 Å². The lowest BCUT2D eigenvalue weighted by atomic mass is 10.2. The van der Waals surface area contributed by atoms with Crippen LogP contribution in [0, 0.1) is 24.4 Å². The van der Waals surface area contributed by atoms with Crippen molar-refractivity contribution >= 4 is 27.2 Å². The van der Waals surface area contributed by atoms with Crippen LogP contribution in [0.5, 0.6) is 0 Å². The molecule has 0 saturated carbocycles. The van der Waals surface area contributed by atoms with Crippen LogP contribution in [0.3, 0.4) is 0 Å². The lowest BCUT2D eigenvalue weighted by Crippen LogP contribution is -2.20. The van der Waals surface area contributed by atoms with Crippen LogP contribution in [0.15, 0.2) is 59.5 Å². The monoisotopic (exact) mass is 502 g/mol. The summed E-state index contributed by atoms with van der Waals surface area (Å²) in [5.41, 5.74) is -1.51. The van der Waals surface area contributed by atoms with E-state index >= 15 is 0 Å². The van der Waals surface area contributed by atoms with Crippen LogP contribution in [-0.4, -0.2) is 14.4 Å². The van der Waals surface area contributed by atoms with Crippen LogP contribution >= 0.6 is 0 Å². The van der Waals surface area contributed by atoms with Crippen LogP contribution in [-0.2, 0) is 21.8 Å². The number of hydrogen-bond donors (Lipinski definition) is 2. The topological polar surface area (TPSA) is 75.3 Å². The fourth-order valence-corrected chi connectivity index (χ4v) is 4.69. The molecule has 0 aliphatic rings. The second kappa shape index (κ2) is 9.37. The van der Waals surface area contributed by atoms with E-state index in [-0.39, 0.29) is 27.9 Å². The van der Waals surface area contributed by atoms with Crippen molar-refractivity contribution in [3.8, 4) is 0 Å². The minimum atomic E-state index is -4.61. The molecule has 0 radical (unpaired) electrons. The zero-order chi connectivity index (χ0) is 25.3. The molecule has 0 unspecified atom stereocenters. The number of carbonyl (C=O) groups excluding carboxylic acids is 1. The Morgan fingerprint density at radius 3 is 2.12 bits per heavy atom. The fraction of sp³-hybridized carbons (Fsp3) is 0.136. The van der Waals surface area contributed by atoms with Crippen LogP contribution in [0.2, 0.25) is 0 Å². The van der Waals surface area contributed by atoms with Gasteiger partial charge in [0.1, 0.15) is 5.82 Å². The van der Waals surface area contributed by atoms with Gasteiger partial charge in [-0.15, -0.1) is 0 Å². The second-order valence-corrected chi connectivity index (χ2v) is 9.21. The highest BCUT2D eigenvalue weighted by molar-refractivity contribution is 7.90. The highest BCUT2D eigenvalue weighted by Gasteiger charge is 2.30. The summed E-state index contributed by atoms with van der Waals surface area (Å²) in [6, 6.07) is 7.38. The summed E-state index contributed by atoms with van der Waals surface area (Å²) in [5.74, 6) is -5.09. The first-order chi connectivity index (χ1) is 15.8. The molecule has 2 N–H and O–H groups in total. The van der Waals surface area contributed by atoms with Crippen molar-refractivity contribution in [3.05, 3.63) is 88.7 Å².